The second-order valence-electron chi connectivity index (χ2n) is 18.2. The molecular formula is C60H46N2. The summed E-state index contributed by atoms with van der Waals surface area (Å²) in [7, 11) is 0. The quantitative estimate of drug-likeness (QED) is 0.165. The first-order valence-electron chi connectivity index (χ1n) is 21.8. The largest absolute Gasteiger partial charge is 0.310 e. The molecule has 0 aromatic heterocycles. The van der Waals surface area contributed by atoms with Gasteiger partial charge in [-0.1, -0.05) is 167 Å². The maximum atomic E-state index is 2.51. The van der Waals surface area contributed by atoms with Crippen molar-refractivity contribution in [1.82, 2.24) is 0 Å². The Labute approximate surface area is 364 Å². The van der Waals surface area contributed by atoms with Gasteiger partial charge in [-0.15, -0.1) is 0 Å². The van der Waals surface area contributed by atoms with E-state index in [4.69, 9.17) is 0 Å². The Balaban J connectivity index is 1.03. The van der Waals surface area contributed by atoms with Gasteiger partial charge in [-0.2, -0.15) is 0 Å². The highest BCUT2D eigenvalue weighted by atomic mass is 15.1. The monoisotopic (exact) mass is 794 g/mol. The van der Waals surface area contributed by atoms with E-state index < -0.39 is 0 Å². The topological polar surface area (TPSA) is 6.48 Å². The van der Waals surface area contributed by atoms with Crippen molar-refractivity contribution in [2.24, 2.45) is 0 Å². The summed E-state index contributed by atoms with van der Waals surface area (Å²) < 4.78 is 0. The number of para-hydroxylation sites is 2. The lowest BCUT2D eigenvalue weighted by Crippen LogP contribution is -2.24. The van der Waals surface area contributed by atoms with Gasteiger partial charge in [0.05, 0.1) is 5.69 Å². The molecule has 0 unspecified atom stereocenters. The van der Waals surface area contributed by atoms with Crippen LogP contribution in [0, 0.1) is 0 Å². The molecule has 0 saturated carbocycles. The minimum atomic E-state index is -0.274. The molecule has 0 atom stereocenters. The third kappa shape index (κ3) is 5.36. The van der Waals surface area contributed by atoms with Crippen LogP contribution in [0.4, 0.5) is 34.1 Å². The fourth-order valence-corrected chi connectivity index (χ4v) is 11.0. The van der Waals surface area contributed by atoms with E-state index in [-0.39, 0.29) is 10.8 Å². The van der Waals surface area contributed by atoms with E-state index in [2.05, 4.69) is 244 Å². The van der Waals surface area contributed by atoms with Crippen molar-refractivity contribution in [3.05, 3.63) is 229 Å². The third-order valence-corrected chi connectivity index (χ3v) is 13.9. The van der Waals surface area contributed by atoms with Gasteiger partial charge in [0.2, 0.25) is 0 Å². The summed E-state index contributed by atoms with van der Waals surface area (Å²) in [5.74, 6) is 0. The smallest absolute Gasteiger partial charge is 0.0543 e. The first kappa shape index (κ1) is 36.4. The molecule has 10 aromatic rings. The summed E-state index contributed by atoms with van der Waals surface area (Å²) in [6.07, 6.45) is 0. The van der Waals surface area contributed by atoms with Crippen LogP contribution in [0.15, 0.2) is 206 Å². The first-order valence-corrected chi connectivity index (χ1v) is 21.8. The minimum Gasteiger partial charge on any atom is -0.310 e. The van der Waals surface area contributed by atoms with Crippen LogP contribution < -0.4 is 9.80 Å². The fourth-order valence-electron chi connectivity index (χ4n) is 11.0. The molecule has 2 aliphatic carbocycles. The number of rotatable bonds is 6. The second-order valence-corrected chi connectivity index (χ2v) is 18.2. The third-order valence-electron chi connectivity index (χ3n) is 13.9. The summed E-state index contributed by atoms with van der Waals surface area (Å²) >= 11 is 0. The average molecular weight is 795 g/mol. The first-order chi connectivity index (χ1) is 30.3. The van der Waals surface area contributed by atoms with Crippen LogP contribution in [0.2, 0.25) is 0 Å². The SMILES string of the molecule is CC1(C)c2cc(N(c3ccccc3)c3ccc4ccccc4c3)ccc2-c2ccc3c(c21)C(C)(C)c1cc(N(c2ccccc2)c2ccc4ccccc4c2)c2ccccc2c1-3. The second kappa shape index (κ2) is 13.5. The molecule has 62 heavy (non-hydrogen) atoms. The van der Waals surface area contributed by atoms with Gasteiger partial charge in [0.25, 0.3) is 0 Å². The van der Waals surface area contributed by atoms with E-state index in [1.165, 1.54) is 82.5 Å². The molecule has 0 saturated heterocycles. The van der Waals surface area contributed by atoms with Crippen molar-refractivity contribution < 1.29 is 0 Å². The summed E-state index contributed by atoms with van der Waals surface area (Å²) in [4.78, 5) is 4.88. The Morgan fingerprint density at radius 1 is 0.306 bits per heavy atom. The van der Waals surface area contributed by atoms with Crippen molar-refractivity contribution >= 4 is 66.4 Å². The lowest BCUT2D eigenvalue weighted by Gasteiger charge is -2.32. The van der Waals surface area contributed by atoms with Crippen LogP contribution in [-0.2, 0) is 10.8 Å². The number of hydrogen-bond acceptors (Lipinski definition) is 2. The van der Waals surface area contributed by atoms with Crippen LogP contribution in [0.25, 0.3) is 54.6 Å². The molecule has 10 aromatic carbocycles. The van der Waals surface area contributed by atoms with E-state index in [1.54, 1.807) is 0 Å². The number of anilines is 6. The van der Waals surface area contributed by atoms with E-state index in [0.717, 1.165) is 28.4 Å². The molecule has 2 heteroatoms. The van der Waals surface area contributed by atoms with Gasteiger partial charge < -0.3 is 9.80 Å². The zero-order chi connectivity index (χ0) is 41.7. The number of fused-ring (bicyclic) bond motifs is 11. The van der Waals surface area contributed by atoms with E-state index in [9.17, 15) is 0 Å². The lowest BCUT2D eigenvalue weighted by molar-refractivity contribution is 0.601. The molecule has 0 fully saturated rings. The van der Waals surface area contributed by atoms with Gasteiger partial charge in [-0.3, -0.25) is 0 Å². The van der Waals surface area contributed by atoms with Gasteiger partial charge in [0, 0.05) is 44.7 Å². The molecule has 0 aliphatic heterocycles. The van der Waals surface area contributed by atoms with Crippen molar-refractivity contribution in [2.75, 3.05) is 9.80 Å². The molecule has 0 heterocycles. The van der Waals surface area contributed by atoms with E-state index in [0.29, 0.717) is 0 Å². The fraction of sp³-hybridized carbons (Fsp3) is 0.100. The summed E-state index contributed by atoms with van der Waals surface area (Å²) in [5, 5.41) is 7.48. The van der Waals surface area contributed by atoms with E-state index >= 15 is 0 Å². The number of nitrogens with zero attached hydrogens (tertiary/aromatic N) is 2. The number of benzene rings is 10. The summed E-state index contributed by atoms with van der Waals surface area (Å²) in [6.45, 7) is 9.82. The lowest BCUT2D eigenvalue weighted by atomic mass is 9.72. The van der Waals surface area contributed by atoms with Gasteiger partial charge >= 0.3 is 0 Å². The van der Waals surface area contributed by atoms with Gasteiger partial charge in [0.1, 0.15) is 0 Å². The van der Waals surface area contributed by atoms with Crippen LogP contribution in [-0.4, -0.2) is 0 Å². The molecule has 0 bridgehead atoms. The molecule has 2 aliphatic rings. The molecule has 296 valence electrons. The zero-order valence-electron chi connectivity index (χ0n) is 35.5. The Hall–Kier alpha value is -7.42. The Morgan fingerprint density at radius 2 is 0.758 bits per heavy atom. The maximum absolute atomic E-state index is 2.51. The van der Waals surface area contributed by atoms with Gasteiger partial charge in [-0.05, 0) is 138 Å². The van der Waals surface area contributed by atoms with Crippen molar-refractivity contribution in [3.63, 3.8) is 0 Å². The Kier molecular flexibility index (Phi) is 7.96. The molecule has 12 rings (SSSR count). The van der Waals surface area contributed by atoms with Crippen molar-refractivity contribution in [3.8, 4) is 22.3 Å². The highest BCUT2D eigenvalue weighted by molar-refractivity contribution is 6.11. The highest BCUT2D eigenvalue weighted by Crippen LogP contribution is 2.61. The van der Waals surface area contributed by atoms with Crippen LogP contribution >= 0.6 is 0 Å². The molecular weight excluding hydrogens is 749 g/mol. The molecule has 0 amide bonds. The van der Waals surface area contributed by atoms with Gasteiger partial charge in [-0.25, -0.2) is 0 Å². The molecule has 2 nitrogen and oxygen atoms in total. The average Bonchev–Trinajstić information content (AvgIpc) is 3.68. The predicted octanol–water partition coefficient (Wildman–Crippen LogP) is 16.7. The zero-order valence-corrected chi connectivity index (χ0v) is 35.5. The van der Waals surface area contributed by atoms with Gasteiger partial charge in [0.15, 0.2) is 0 Å². The Bertz CT molecular complexity index is 3410. The van der Waals surface area contributed by atoms with Crippen molar-refractivity contribution in [1.29, 1.82) is 0 Å². The Morgan fingerprint density at radius 3 is 1.40 bits per heavy atom. The normalized spacial score (nSPS) is 14.1. The molecule has 0 N–H and O–H groups in total. The predicted molar refractivity (Wildman–Crippen MR) is 263 cm³/mol. The van der Waals surface area contributed by atoms with E-state index in [1.807, 2.05) is 0 Å². The standard InChI is InChI=1S/C60H46N2/c1-59(2)53-37-47(61(43-21-7-5-8-22-43)45-29-27-39-17-11-13-19-41(39)35-45)31-32-48(53)51-33-34-52-56-50-26-16-15-25-49(50)55(38-54(56)60(3,4)58(52)57(51)59)62(44-23-9-6-10-24-44)46-30-28-40-18-12-14-20-42(40)36-46/h5-38H,1-4H3. The van der Waals surface area contributed by atoms with Crippen LogP contribution in [0.1, 0.15) is 49.9 Å². The van der Waals surface area contributed by atoms with Crippen molar-refractivity contribution in [2.45, 2.75) is 38.5 Å². The summed E-state index contributed by atoms with van der Waals surface area (Å²) in [6, 6.07) is 76.2. The van der Waals surface area contributed by atoms with Crippen LogP contribution in [0.5, 0.6) is 0 Å². The van der Waals surface area contributed by atoms with Crippen LogP contribution in [0.3, 0.4) is 0 Å². The summed E-state index contributed by atoms with van der Waals surface area (Å²) in [5.41, 5.74) is 17.4. The molecule has 0 radical (unpaired) electrons. The number of hydrogen-bond donors (Lipinski definition) is 0. The maximum Gasteiger partial charge on any atom is 0.0543 e. The molecule has 0 spiro atoms. The minimum absolute atomic E-state index is 0.253. The highest BCUT2D eigenvalue weighted by Gasteiger charge is 2.47.